The van der Waals surface area contributed by atoms with Gasteiger partial charge in [-0.3, -0.25) is 0 Å². The van der Waals surface area contributed by atoms with Crippen LogP contribution in [0.4, 0.5) is 34.1 Å². The van der Waals surface area contributed by atoms with E-state index in [1.165, 1.54) is 32.7 Å². The van der Waals surface area contributed by atoms with Crippen LogP contribution in [-0.2, 0) is 0 Å². The van der Waals surface area contributed by atoms with Crippen molar-refractivity contribution >= 4 is 77.6 Å². The second-order valence-corrected chi connectivity index (χ2v) is 13.4. The molecule has 1 heterocycles. The van der Waals surface area contributed by atoms with Gasteiger partial charge in [-0.15, -0.1) is 0 Å². The number of rotatable bonds is 7. The van der Waals surface area contributed by atoms with Crippen LogP contribution < -0.4 is 9.80 Å². The molecule has 0 spiro atoms. The molecule has 250 valence electrons. The minimum Gasteiger partial charge on any atom is -0.456 e. The first-order chi connectivity index (χ1) is 26.3. The lowest BCUT2D eigenvalue weighted by Crippen LogP contribution is -2.12. The van der Waals surface area contributed by atoms with E-state index >= 15 is 0 Å². The average Bonchev–Trinajstić information content (AvgIpc) is 3.59. The molecule has 0 bridgehead atoms. The minimum atomic E-state index is 0.913. The maximum Gasteiger partial charge on any atom is 0.136 e. The molecule has 0 aliphatic carbocycles. The zero-order valence-corrected chi connectivity index (χ0v) is 28.9. The molecule has 9 aromatic carbocycles. The topological polar surface area (TPSA) is 19.6 Å². The molecule has 53 heavy (non-hydrogen) atoms. The number of anilines is 6. The lowest BCUT2D eigenvalue weighted by Gasteiger charge is -2.28. The third-order valence-electron chi connectivity index (χ3n) is 10.2. The van der Waals surface area contributed by atoms with Crippen LogP contribution in [0.5, 0.6) is 0 Å². The maximum atomic E-state index is 6.30. The minimum absolute atomic E-state index is 0.913. The molecule has 0 N–H and O–H groups in total. The molecule has 0 fully saturated rings. The number of nitrogens with zero attached hydrogens (tertiary/aromatic N) is 2. The highest BCUT2D eigenvalue weighted by atomic mass is 16.3. The van der Waals surface area contributed by atoms with Crippen LogP contribution in [0, 0.1) is 0 Å². The summed E-state index contributed by atoms with van der Waals surface area (Å²) >= 11 is 0. The van der Waals surface area contributed by atoms with Gasteiger partial charge in [0.1, 0.15) is 11.2 Å². The van der Waals surface area contributed by atoms with E-state index in [0.29, 0.717) is 0 Å². The second kappa shape index (κ2) is 12.9. The Morgan fingerprint density at radius 3 is 1.38 bits per heavy atom. The molecule has 0 aliphatic rings. The Kier molecular flexibility index (Phi) is 7.47. The van der Waals surface area contributed by atoms with Gasteiger partial charge in [-0.1, -0.05) is 115 Å². The van der Waals surface area contributed by atoms with Gasteiger partial charge in [0.15, 0.2) is 0 Å². The highest BCUT2D eigenvalue weighted by molar-refractivity contribution is 6.16. The molecule has 0 unspecified atom stereocenters. The molecule has 3 heteroatoms. The summed E-state index contributed by atoms with van der Waals surface area (Å²) in [5.41, 5.74) is 10.8. The number of hydrogen-bond acceptors (Lipinski definition) is 3. The molecule has 0 saturated carbocycles. The van der Waals surface area contributed by atoms with Crippen molar-refractivity contribution in [3.63, 3.8) is 0 Å². The molecular weight excluding hydrogens is 645 g/mol. The highest BCUT2D eigenvalue weighted by Crippen LogP contribution is 2.42. The lowest BCUT2D eigenvalue weighted by molar-refractivity contribution is 0.669. The first kappa shape index (κ1) is 30.7. The van der Waals surface area contributed by atoms with E-state index in [2.05, 4.69) is 204 Å². The number of furan rings is 1. The van der Waals surface area contributed by atoms with Gasteiger partial charge < -0.3 is 14.2 Å². The van der Waals surface area contributed by atoms with Gasteiger partial charge in [-0.05, 0) is 124 Å². The fourth-order valence-electron chi connectivity index (χ4n) is 7.64. The van der Waals surface area contributed by atoms with Gasteiger partial charge >= 0.3 is 0 Å². The van der Waals surface area contributed by atoms with Crippen molar-refractivity contribution in [2.24, 2.45) is 0 Å². The lowest BCUT2D eigenvalue weighted by atomic mass is 9.99. The van der Waals surface area contributed by atoms with Crippen molar-refractivity contribution in [2.75, 3.05) is 9.80 Å². The third kappa shape index (κ3) is 5.56. The number of benzene rings is 9. The van der Waals surface area contributed by atoms with E-state index in [9.17, 15) is 0 Å². The summed E-state index contributed by atoms with van der Waals surface area (Å²) < 4.78 is 6.30. The summed E-state index contributed by atoms with van der Waals surface area (Å²) in [4.78, 5) is 4.64. The molecule has 0 radical (unpaired) electrons. The molecule has 10 rings (SSSR count). The molecular formula is C50H34N2O. The standard InChI is InChI=1S/C50H34N2O/c1-4-12-35(13-5-1)36-22-24-41(25-23-36)52(43-28-26-42(27-29-43)51(39-14-6-2-7-15-39)40-16-8-3-9-17-40)44-30-31-45-37(32-44)20-21-38-33-48-46-18-10-11-19-49(46)53-50(48)34-47(38)45/h1-34H. The number of hydrogen-bond donors (Lipinski definition) is 0. The van der Waals surface area contributed by atoms with Crippen molar-refractivity contribution in [3.05, 3.63) is 206 Å². The first-order valence-corrected chi connectivity index (χ1v) is 18.0. The van der Waals surface area contributed by atoms with Crippen LogP contribution in [0.2, 0.25) is 0 Å². The first-order valence-electron chi connectivity index (χ1n) is 18.0. The summed E-state index contributed by atoms with van der Waals surface area (Å²) in [5, 5.41) is 7.06. The fraction of sp³-hybridized carbons (Fsp3) is 0. The van der Waals surface area contributed by atoms with Crippen molar-refractivity contribution in [3.8, 4) is 11.1 Å². The summed E-state index contributed by atoms with van der Waals surface area (Å²) in [5.74, 6) is 0. The van der Waals surface area contributed by atoms with Crippen LogP contribution in [0.1, 0.15) is 0 Å². The molecule has 0 amide bonds. The van der Waals surface area contributed by atoms with E-state index < -0.39 is 0 Å². The van der Waals surface area contributed by atoms with Crippen LogP contribution in [0.3, 0.4) is 0 Å². The Bertz CT molecular complexity index is 2820. The Morgan fingerprint density at radius 1 is 0.264 bits per heavy atom. The van der Waals surface area contributed by atoms with Gasteiger partial charge in [0.25, 0.3) is 0 Å². The monoisotopic (exact) mass is 678 g/mol. The van der Waals surface area contributed by atoms with Gasteiger partial charge in [-0.25, -0.2) is 0 Å². The zero-order chi connectivity index (χ0) is 35.1. The average molecular weight is 679 g/mol. The SMILES string of the molecule is c1ccc(-c2ccc(N(c3ccc(N(c4ccccc4)c4ccccc4)cc3)c3ccc4c(ccc5cc6c(cc54)oc4ccccc46)c3)cc2)cc1. The number of para-hydroxylation sites is 3. The van der Waals surface area contributed by atoms with Gasteiger partial charge in [0, 0.05) is 44.9 Å². The molecule has 0 atom stereocenters. The second-order valence-electron chi connectivity index (χ2n) is 13.4. The Balaban J connectivity index is 1.09. The maximum absolute atomic E-state index is 6.30. The smallest absolute Gasteiger partial charge is 0.136 e. The summed E-state index contributed by atoms with van der Waals surface area (Å²) in [6, 6.07) is 73.4. The van der Waals surface area contributed by atoms with Crippen molar-refractivity contribution in [1.82, 2.24) is 0 Å². The molecule has 3 nitrogen and oxygen atoms in total. The fourth-order valence-corrected chi connectivity index (χ4v) is 7.64. The van der Waals surface area contributed by atoms with Crippen LogP contribution >= 0.6 is 0 Å². The third-order valence-corrected chi connectivity index (χ3v) is 10.2. The van der Waals surface area contributed by atoms with Gasteiger partial charge in [0.2, 0.25) is 0 Å². The van der Waals surface area contributed by atoms with Crippen molar-refractivity contribution < 1.29 is 4.42 Å². The highest BCUT2D eigenvalue weighted by Gasteiger charge is 2.17. The largest absolute Gasteiger partial charge is 0.456 e. The molecule has 0 aliphatic heterocycles. The van der Waals surface area contributed by atoms with Crippen molar-refractivity contribution in [1.29, 1.82) is 0 Å². The summed E-state index contributed by atoms with van der Waals surface area (Å²) in [6.45, 7) is 0. The van der Waals surface area contributed by atoms with Crippen LogP contribution in [0.25, 0.3) is 54.6 Å². The van der Waals surface area contributed by atoms with E-state index in [0.717, 1.165) is 56.1 Å². The Morgan fingerprint density at radius 2 is 0.736 bits per heavy atom. The summed E-state index contributed by atoms with van der Waals surface area (Å²) in [7, 11) is 0. The van der Waals surface area contributed by atoms with Crippen molar-refractivity contribution in [2.45, 2.75) is 0 Å². The molecule has 1 aromatic heterocycles. The van der Waals surface area contributed by atoms with Crippen LogP contribution in [-0.4, -0.2) is 0 Å². The Hall–Kier alpha value is -7.10. The molecule has 0 saturated heterocycles. The normalized spacial score (nSPS) is 11.4. The zero-order valence-electron chi connectivity index (χ0n) is 28.9. The number of fused-ring (bicyclic) bond motifs is 6. The predicted molar refractivity (Wildman–Crippen MR) is 224 cm³/mol. The van der Waals surface area contributed by atoms with E-state index in [1.807, 2.05) is 12.1 Å². The van der Waals surface area contributed by atoms with E-state index in [-0.39, 0.29) is 0 Å². The van der Waals surface area contributed by atoms with Crippen LogP contribution in [0.15, 0.2) is 211 Å². The predicted octanol–water partition coefficient (Wildman–Crippen LogP) is 14.5. The van der Waals surface area contributed by atoms with E-state index in [1.54, 1.807) is 0 Å². The van der Waals surface area contributed by atoms with E-state index in [4.69, 9.17) is 4.42 Å². The summed E-state index contributed by atoms with van der Waals surface area (Å²) in [6.07, 6.45) is 0. The Labute approximate surface area is 308 Å². The quantitative estimate of drug-likeness (QED) is 0.156. The van der Waals surface area contributed by atoms with Gasteiger partial charge in [0.05, 0.1) is 0 Å². The molecule has 10 aromatic rings. The van der Waals surface area contributed by atoms with Gasteiger partial charge in [-0.2, -0.15) is 0 Å².